The molecule has 4 aromatic carbocycles. The van der Waals surface area contributed by atoms with E-state index >= 15 is 0 Å². The molecule has 0 saturated heterocycles. The number of aromatic nitrogens is 2. The third-order valence-electron chi connectivity index (χ3n) is 11.9. The molecule has 0 unspecified atom stereocenters. The molecule has 8 rings (SSSR count). The first-order valence-corrected chi connectivity index (χ1v) is 25.0. The average molecular weight is 1240 g/mol. The second-order valence-electron chi connectivity index (χ2n) is 20.3. The molecule has 4 aromatic heterocycles. The number of alkyl halides is 6. The maximum Gasteiger partial charge on any atom is 2.00 e. The summed E-state index contributed by atoms with van der Waals surface area (Å²) in [5, 5.41) is 0.537. The van der Waals surface area contributed by atoms with Crippen LogP contribution in [0.15, 0.2) is 109 Å². The van der Waals surface area contributed by atoms with Crippen molar-refractivity contribution in [3.63, 3.8) is 0 Å². The van der Waals surface area contributed by atoms with Gasteiger partial charge in [-0.2, -0.15) is 0 Å². The van der Waals surface area contributed by atoms with Crippen LogP contribution in [0, 0.1) is 23.0 Å². The van der Waals surface area contributed by atoms with Crippen molar-refractivity contribution in [1.82, 2.24) is 9.97 Å². The summed E-state index contributed by atoms with van der Waals surface area (Å²) in [6.45, 7) is 16.8. The number of ether oxygens (including phenoxy) is 1. The van der Waals surface area contributed by atoms with Gasteiger partial charge in [-0.15, -0.1) is 0 Å². The van der Waals surface area contributed by atoms with E-state index < -0.39 is 63.0 Å². The average Bonchev–Trinajstić information content (AvgIpc) is 3.81. The Labute approximate surface area is 430 Å². The largest absolute Gasteiger partial charge is 2.00 e. The zero-order valence-corrected chi connectivity index (χ0v) is 44.7. The first-order chi connectivity index (χ1) is 33.6. The van der Waals surface area contributed by atoms with Gasteiger partial charge in [-0.1, -0.05) is 0 Å². The first-order valence-electron chi connectivity index (χ1n) is 24.6. The molecule has 0 amide bonds. The molecule has 12 heteroatoms. The van der Waals surface area contributed by atoms with E-state index in [-0.39, 0.29) is 92.7 Å². The maximum atomic E-state index is 13.7. The zero-order chi connectivity index (χ0) is 53.7. The summed E-state index contributed by atoms with van der Waals surface area (Å²) in [7, 11) is 0. The molecule has 4 heterocycles. The summed E-state index contributed by atoms with van der Waals surface area (Å²) in [5.74, 6) is 0.554. The van der Waals surface area contributed by atoms with Crippen molar-refractivity contribution in [1.29, 1.82) is 0 Å². The van der Waals surface area contributed by atoms with Crippen LogP contribution in [-0.4, -0.2) is 51.3 Å². The summed E-state index contributed by atoms with van der Waals surface area (Å²) < 4.78 is 145. The number of benzene rings is 4. The van der Waals surface area contributed by atoms with E-state index in [9.17, 15) is 29.1 Å². The molecule has 0 spiro atoms. The van der Waals surface area contributed by atoms with Crippen LogP contribution in [0.4, 0.5) is 26.3 Å². The third kappa shape index (κ3) is 11.0. The van der Waals surface area contributed by atoms with Crippen molar-refractivity contribution in [2.24, 2.45) is 10.8 Å². The molecule has 0 N–H and O–H groups in total. The van der Waals surface area contributed by atoms with Crippen molar-refractivity contribution in [3.8, 4) is 54.0 Å². The SMILES string of the molecule is [2H]c1nc(-c2[c-]c(Oc3[c-]c(-c4nc([2H])c([2H])c5c([2H])c(-c6ccc(CC(C)(C)C(F)(F)F)cc6)[se]c45)cc(C(C)(C)C)c3)cc(C(C)(C)C)c2)c2[se]c(-c3ccc(CC(C)(C)C(F)(F)F)cc3)c([2H])c2c1[2H].[Pt+2]. The van der Waals surface area contributed by atoms with E-state index in [0.717, 1.165) is 38.8 Å². The molecular formula is C56H52F6N2OPtSe2. The Morgan fingerprint density at radius 2 is 0.897 bits per heavy atom. The molecule has 356 valence electrons. The van der Waals surface area contributed by atoms with E-state index in [0.29, 0.717) is 62.2 Å². The van der Waals surface area contributed by atoms with Crippen LogP contribution in [-0.2, 0) is 44.7 Å². The van der Waals surface area contributed by atoms with E-state index in [1.54, 1.807) is 48.5 Å². The Morgan fingerprint density at radius 1 is 0.544 bits per heavy atom. The first kappa shape index (κ1) is 43.8. The van der Waals surface area contributed by atoms with E-state index in [2.05, 4.69) is 22.1 Å². The second kappa shape index (κ2) is 18.8. The van der Waals surface area contributed by atoms with Gasteiger partial charge in [0.15, 0.2) is 0 Å². The third-order valence-corrected chi connectivity index (χ3v) is 16.7. The van der Waals surface area contributed by atoms with Gasteiger partial charge in [-0.3, -0.25) is 0 Å². The number of hydrogen-bond acceptors (Lipinski definition) is 3. The van der Waals surface area contributed by atoms with Gasteiger partial charge in [-0.25, -0.2) is 0 Å². The van der Waals surface area contributed by atoms with Gasteiger partial charge in [0.25, 0.3) is 0 Å². The fourth-order valence-corrected chi connectivity index (χ4v) is 11.9. The summed E-state index contributed by atoms with van der Waals surface area (Å²) >= 11 is -1.21. The molecular weight excluding hydrogens is 1180 g/mol. The fourth-order valence-electron chi connectivity index (χ4n) is 7.42. The molecule has 0 saturated carbocycles. The standard InChI is InChI=1S/C56H52F6N2OSe2.Pt/c1-51(2,3)41-23-39(47-49-37(19-21-63-47)27-45(66-49)35-15-11-33(12-16-35)31-53(7,8)55(57,58)59)25-43(29-41)65-44-26-40(24-42(30-44)52(4,5)6)48-50-38(20-22-64-48)28-46(67-50)36-17-13-34(14-18-36)32-54(9,10)56(60,61)62;/h11-24,27-30H,31-32H2,1-10H3;/q-2;+2/i19D,20D,21D,22D,27D,28D;. The summed E-state index contributed by atoms with van der Waals surface area (Å²) in [6.07, 6.45) is -9.91. The summed E-state index contributed by atoms with van der Waals surface area (Å²) in [4.78, 5) is 9.24. The molecule has 0 aliphatic carbocycles. The summed E-state index contributed by atoms with van der Waals surface area (Å²) in [6, 6.07) is 27.3. The topological polar surface area (TPSA) is 35.0 Å². The van der Waals surface area contributed by atoms with Gasteiger partial charge < -0.3 is 0 Å². The molecule has 0 fully saturated rings. The van der Waals surface area contributed by atoms with Crippen molar-refractivity contribution in [2.75, 3.05) is 0 Å². The molecule has 0 aliphatic heterocycles. The number of pyridine rings is 2. The van der Waals surface area contributed by atoms with E-state index in [1.165, 1.54) is 0 Å². The predicted octanol–water partition coefficient (Wildman–Crippen LogP) is 15.8. The minimum Gasteiger partial charge on any atom is 2.00 e. The van der Waals surface area contributed by atoms with Gasteiger partial charge in [0, 0.05) is 0 Å². The van der Waals surface area contributed by atoms with Crippen LogP contribution < -0.4 is 4.74 Å². The van der Waals surface area contributed by atoms with E-state index in [4.69, 9.17) is 10.2 Å². The Bertz CT molecular complexity index is 3220. The van der Waals surface area contributed by atoms with Gasteiger partial charge in [0.1, 0.15) is 0 Å². The molecule has 0 atom stereocenters. The normalized spacial score (nSPS) is 14.2. The van der Waals surface area contributed by atoms with Gasteiger partial charge in [0.2, 0.25) is 0 Å². The minimum atomic E-state index is -4.39. The van der Waals surface area contributed by atoms with Crippen LogP contribution in [0.5, 0.6) is 11.5 Å². The van der Waals surface area contributed by atoms with Crippen LogP contribution in [0.2, 0.25) is 0 Å². The monoisotopic (exact) mass is 1240 g/mol. The van der Waals surface area contributed by atoms with Gasteiger partial charge >= 0.3 is 432 Å². The van der Waals surface area contributed by atoms with Gasteiger partial charge in [0.05, 0.1) is 0 Å². The van der Waals surface area contributed by atoms with Crippen LogP contribution in [0.25, 0.3) is 61.8 Å². The fraction of sp³-hybridized carbons (Fsp3) is 0.321. The van der Waals surface area contributed by atoms with Crippen LogP contribution in [0.3, 0.4) is 0 Å². The van der Waals surface area contributed by atoms with Crippen molar-refractivity contribution < 1.29 is 60.4 Å². The Morgan fingerprint density at radius 3 is 1.22 bits per heavy atom. The molecule has 68 heavy (non-hydrogen) atoms. The predicted molar refractivity (Wildman–Crippen MR) is 261 cm³/mol. The molecule has 3 nitrogen and oxygen atoms in total. The molecule has 0 bridgehead atoms. The number of fused-ring (bicyclic) bond motifs is 2. The molecule has 0 aliphatic rings. The number of hydrogen-bond donors (Lipinski definition) is 0. The molecule has 8 aromatic rings. The zero-order valence-electron chi connectivity index (χ0n) is 45.0. The van der Waals surface area contributed by atoms with Gasteiger partial charge in [-0.05, 0) is 0 Å². The smallest absolute Gasteiger partial charge is 2.00 e. The Balaban J connectivity index is 0.00000800. The summed E-state index contributed by atoms with van der Waals surface area (Å²) in [5.41, 5.74) is 0.783. The maximum absolute atomic E-state index is 13.7. The number of halogens is 6. The van der Waals surface area contributed by atoms with Crippen molar-refractivity contribution in [2.45, 2.75) is 105 Å². The van der Waals surface area contributed by atoms with Crippen molar-refractivity contribution >= 4 is 48.3 Å². The minimum absolute atomic E-state index is 0. The Kier molecular flexibility index (Phi) is 12.1. The quantitative estimate of drug-likeness (QED) is 0.0778. The second-order valence-corrected chi connectivity index (χ2v) is 24.6. The van der Waals surface area contributed by atoms with Crippen molar-refractivity contribution in [3.05, 3.63) is 144 Å². The number of rotatable bonds is 10. The molecule has 0 radical (unpaired) electrons. The Hall–Kier alpha value is -4.23. The number of nitrogens with zero attached hydrogens (tertiary/aromatic N) is 2. The van der Waals surface area contributed by atoms with Crippen LogP contribution in [0.1, 0.15) is 99.7 Å². The van der Waals surface area contributed by atoms with E-state index in [1.807, 2.05) is 65.8 Å². The van der Waals surface area contributed by atoms with Crippen LogP contribution >= 0.6 is 0 Å².